The predicted molar refractivity (Wildman–Crippen MR) is 175 cm³/mol. The zero-order valence-corrected chi connectivity index (χ0v) is 26.9. The predicted octanol–water partition coefficient (Wildman–Crippen LogP) is 4.50. The maximum absolute atomic E-state index is 15.0. The van der Waals surface area contributed by atoms with Crippen molar-refractivity contribution < 1.29 is 19.0 Å². The number of nitrogens with zero attached hydrogens (tertiary/aromatic N) is 5. The van der Waals surface area contributed by atoms with E-state index in [2.05, 4.69) is 32.3 Å². The summed E-state index contributed by atoms with van der Waals surface area (Å²) in [5, 5.41) is 18.5. The molecule has 8 rings (SSSR count). The molecule has 46 heavy (non-hydrogen) atoms. The lowest BCUT2D eigenvalue weighted by Gasteiger charge is -2.41. The number of aromatic hydroxyl groups is 1. The van der Waals surface area contributed by atoms with Crippen LogP contribution in [-0.4, -0.2) is 83.0 Å². The maximum Gasteiger partial charge on any atom is 0.318 e. The number of amides is 2. The Labute approximate surface area is 269 Å². The summed E-state index contributed by atoms with van der Waals surface area (Å²) >= 11 is 0. The van der Waals surface area contributed by atoms with E-state index < -0.39 is 0 Å². The lowest BCUT2D eigenvalue weighted by atomic mass is 9.89. The van der Waals surface area contributed by atoms with Gasteiger partial charge in [-0.25, -0.2) is 9.18 Å². The lowest BCUT2D eigenvalue weighted by molar-refractivity contribution is 0.107. The molecule has 3 aromatic rings. The van der Waals surface area contributed by atoms with Crippen LogP contribution in [0.3, 0.4) is 0 Å². The molecule has 0 aliphatic carbocycles. The fourth-order valence-corrected chi connectivity index (χ4v) is 9.15. The van der Waals surface area contributed by atoms with Gasteiger partial charge < -0.3 is 30.3 Å². The zero-order valence-electron chi connectivity index (χ0n) is 26.9. The molecule has 2 aromatic carbocycles. The first-order chi connectivity index (χ1) is 22.2. The van der Waals surface area contributed by atoms with E-state index in [1.807, 2.05) is 6.92 Å². The average Bonchev–Trinajstić information content (AvgIpc) is 3.70. The number of nitrogens with one attached hydrogen (secondary N) is 2. The van der Waals surface area contributed by atoms with E-state index in [4.69, 9.17) is 14.7 Å². The van der Waals surface area contributed by atoms with E-state index in [0.29, 0.717) is 63.1 Å². The highest BCUT2D eigenvalue weighted by molar-refractivity contribution is 5.98. The van der Waals surface area contributed by atoms with Crippen molar-refractivity contribution in [2.45, 2.75) is 76.4 Å². The van der Waals surface area contributed by atoms with Crippen LogP contribution in [0.5, 0.6) is 11.8 Å². The first-order valence-corrected chi connectivity index (χ1v) is 17.0. The smallest absolute Gasteiger partial charge is 0.318 e. The van der Waals surface area contributed by atoms with Gasteiger partial charge >= 0.3 is 12.0 Å². The molecule has 1 spiro atoms. The minimum atomic E-state index is -0.320. The molecule has 0 bridgehead atoms. The van der Waals surface area contributed by atoms with Crippen molar-refractivity contribution in [3.63, 3.8) is 0 Å². The first kappa shape index (κ1) is 29.5. The number of anilines is 2. The SMILES string of the molecule is CCc1c(F)ccc2cc(O)cc(N3CCc4c(nc(OC[C@@]56CCCN5C[C@H](C)C6)nc4N4CCCC5(CNC(=O)N5)C4)C3)c12. The quantitative estimate of drug-likeness (QED) is 0.366. The van der Waals surface area contributed by atoms with Gasteiger partial charge in [-0.1, -0.05) is 19.9 Å². The Bertz CT molecular complexity index is 1700. The Kier molecular flexibility index (Phi) is 7.15. The summed E-state index contributed by atoms with van der Waals surface area (Å²) < 4.78 is 21.6. The summed E-state index contributed by atoms with van der Waals surface area (Å²) in [5.41, 5.74) is 3.19. The number of fused-ring (bicyclic) bond motifs is 3. The number of urea groups is 1. The highest BCUT2D eigenvalue weighted by atomic mass is 19.1. The number of hydrogen-bond acceptors (Lipinski definition) is 8. The summed E-state index contributed by atoms with van der Waals surface area (Å²) in [4.78, 5) is 29.5. The fourth-order valence-electron chi connectivity index (χ4n) is 9.15. The summed E-state index contributed by atoms with van der Waals surface area (Å²) in [6, 6.07) is 6.98. The molecule has 10 nitrogen and oxygen atoms in total. The van der Waals surface area contributed by atoms with Crippen molar-refractivity contribution in [1.29, 1.82) is 0 Å². The number of phenols is 1. The topological polar surface area (TPSA) is 106 Å². The van der Waals surface area contributed by atoms with Crippen molar-refractivity contribution in [1.82, 2.24) is 25.5 Å². The number of carbonyl (C=O) groups is 1. The van der Waals surface area contributed by atoms with Crippen LogP contribution in [0.2, 0.25) is 0 Å². The molecule has 1 aromatic heterocycles. The van der Waals surface area contributed by atoms with E-state index in [1.54, 1.807) is 18.2 Å². The summed E-state index contributed by atoms with van der Waals surface area (Å²) in [7, 11) is 0. The molecule has 1 unspecified atom stereocenters. The molecular weight excluding hydrogens is 585 g/mol. The largest absolute Gasteiger partial charge is 0.508 e. The molecule has 6 heterocycles. The average molecular weight is 630 g/mol. The third-order valence-electron chi connectivity index (χ3n) is 11.2. The summed E-state index contributed by atoms with van der Waals surface area (Å²) in [5.74, 6) is 1.47. The van der Waals surface area contributed by atoms with Gasteiger partial charge in [0.05, 0.1) is 23.3 Å². The third kappa shape index (κ3) is 4.98. The number of aromatic nitrogens is 2. The Morgan fingerprint density at radius 3 is 2.83 bits per heavy atom. The molecular formula is C35H44FN7O3. The molecule has 5 aliphatic rings. The van der Waals surface area contributed by atoms with Crippen LogP contribution >= 0.6 is 0 Å². The molecule has 244 valence electrons. The number of ether oxygens (including phenoxy) is 1. The van der Waals surface area contributed by atoms with Gasteiger partial charge in [-0.2, -0.15) is 9.97 Å². The Hall–Kier alpha value is -3.86. The van der Waals surface area contributed by atoms with Crippen LogP contribution in [0.4, 0.5) is 20.7 Å². The number of benzene rings is 2. The molecule has 0 radical (unpaired) electrons. The van der Waals surface area contributed by atoms with Crippen LogP contribution in [0.15, 0.2) is 24.3 Å². The van der Waals surface area contributed by atoms with Crippen molar-refractivity contribution in [3.05, 3.63) is 46.9 Å². The minimum Gasteiger partial charge on any atom is -0.508 e. The lowest BCUT2D eigenvalue weighted by Crippen LogP contribution is -2.56. The number of hydrogen-bond donors (Lipinski definition) is 3. The van der Waals surface area contributed by atoms with Gasteiger partial charge in [0, 0.05) is 55.4 Å². The maximum atomic E-state index is 15.0. The number of rotatable bonds is 6. The number of carbonyl (C=O) groups excluding carboxylic acids is 1. The molecule has 5 aliphatic heterocycles. The van der Waals surface area contributed by atoms with Crippen molar-refractivity contribution >= 4 is 28.3 Å². The summed E-state index contributed by atoms with van der Waals surface area (Å²) in [6.07, 6.45) is 6.56. The molecule has 3 atom stereocenters. The van der Waals surface area contributed by atoms with Crippen LogP contribution in [0, 0.1) is 11.7 Å². The first-order valence-electron chi connectivity index (χ1n) is 17.0. The van der Waals surface area contributed by atoms with E-state index >= 15 is 4.39 Å². The van der Waals surface area contributed by atoms with E-state index in [-0.39, 0.29) is 28.7 Å². The number of phenolic OH excluding ortho intramolecular Hbond substituents is 1. The van der Waals surface area contributed by atoms with Crippen LogP contribution < -0.4 is 25.2 Å². The highest BCUT2D eigenvalue weighted by Gasteiger charge is 2.48. The van der Waals surface area contributed by atoms with E-state index in [1.165, 1.54) is 12.5 Å². The van der Waals surface area contributed by atoms with Crippen molar-refractivity contribution in [2.75, 3.05) is 55.7 Å². The minimum absolute atomic E-state index is 0.0426. The third-order valence-corrected chi connectivity index (χ3v) is 11.2. The normalized spacial score (nSPS) is 27.6. The van der Waals surface area contributed by atoms with E-state index in [9.17, 15) is 9.90 Å². The van der Waals surface area contributed by atoms with Crippen LogP contribution in [0.25, 0.3) is 10.8 Å². The zero-order chi connectivity index (χ0) is 31.6. The Morgan fingerprint density at radius 1 is 1.13 bits per heavy atom. The number of piperidine rings is 1. The second-order valence-electron chi connectivity index (χ2n) is 14.4. The second-order valence-corrected chi connectivity index (χ2v) is 14.4. The molecule has 2 amide bonds. The Morgan fingerprint density at radius 2 is 2.00 bits per heavy atom. The monoisotopic (exact) mass is 629 g/mol. The molecule has 0 saturated carbocycles. The van der Waals surface area contributed by atoms with Crippen LogP contribution in [-0.2, 0) is 19.4 Å². The summed E-state index contributed by atoms with van der Waals surface area (Å²) in [6.45, 7) is 10.4. The second kappa shape index (κ2) is 11.1. The van der Waals surface area contributed by atoms with Gasteiger partial charge in [0.25, 0.3) is 0 Å². The van der Waals surface area contributed by atoms with Gasteiger partial charge in [-0.15, -0.1) is 0 Å². The van der Waals surface area contributed by atoms with Crippen molar-refractivity contribution in [2.24, 2.45) is 5.92 Å². The Balaban J connectivity index is 1.17. The van der Waals surface area contributed by atoms with Crippen molar-refractivity contribution in [3.8, 4) is 11.8 Å². The van der Waals surface area contributed by atoms with Gasteiger partial charge in [0.1, 0.15) is 24.0 Å². The number of halogens is 1. The highest BCUT2D eigenvalue weighted by Crippen LogP contribution is 2.43. The van der Waals surface area contributed by atoms with Gasteiger partial charge in [-0.05, 0) is 80.5 Å². The van der Waals surface area contributed by atoms with Gasteiger partial charge in [0.2, 0.25) is 0 Å². The molecule has 4 fully saturated rings. The number of aryl methyl sites for hydroxylation is 1. The van der Waals surface area contributed by atoms with E-state index in [0.717, 1.165) is 78.9 Å². The standard InChI is InChI=1S/C35H44FN7O3/c1-3-25-27(36)7-6-23-14-24(44)15-29(30(23)25)41-13-8-26-28(18-41)38-33(46-21-35-10-5-12-43(35)17-22(2)16-35)39-31(26)42-11-4-9-34(20-42)19-37-32(45)40-34/h6-7,14-15,22,44H,3-5,8-13,16-21H2,1-2H3,(H2,37,40,45)/t22-,34?,35+/m1/s1. The van der Waals surface area contributed by atoms with Gasteiger partial charge in [-0.3, -0.25) is 4.90 Å². The van der Waals surface area contributed by atoms with Gasteiger partial charge in [0.15, 0.2) is 0 Å². The molecule has 3 N–H and O–H groups in total. The molecule has 4 saturated heterocycles. The fraction of sp³-hybridized carbons (Fsp3) is 0.571. The molecule has 11 heteroatoms. The van der Waals surface area contributed by atoms with Crippen LogP contribution in [0.1, 0.15) is 62.8 Å².